The van der Waals surface area contributed by atoms with Crippen LogP contribution in [-0.4, -0.2) is 41.8 Å². The molecule has 0 unspecified atom stereocenters. The molecule has 29 heavy (non-hydrogen) atoms. The molecule has 0 fully saturated rings. The average Bonchev–Trinajstić information content (AvgIpc) is 3.34. The first-order valence-electron chi connectivity index (χ1n) is 8.84. The van der Waals surface area contributed by atoms with Crippen molar-refractivity contribution >= 4 is 34.3 Å². The molecule has 0 spiro atoms. The second-order valence-corrected chi connectivity index (χ2v) is 7.00. The van der Waals surface area contributed by atoms with Crippen molar-refractivity contribution in [2.24, 2.45) is 0 Å². The second-order valence-electron chi connectivity index (χ2n) is 6.25. The Morgan fingerprint density at radius 2 is 2.07 bits per heavy atom. The van der Waals surface area contributed by atoms with Crippen LogP contribution in [0.2, 0.25) is 0 Å². The highest BCUT2D eigenvalue weighted by atomic mass is 32.1. The highest BCUT2D eigenvalue weighted by Gasteiger charge is 2.13. The van der Waals surface area contributed by atoms with Crippen LogP contribution < -0.4 is 10.6 Å². The number of aryl methyl sites for hydroxylation is 1. The van der Waals surface area contributed by atoms with Gasteiger partial charge in [-0.15, -0.1) is 5.10 Å². The molecule has 0 aliphatic heterocycles. The smallest absolute Gasteiger partial charge is 0.265 e. The number of carbonyl (C=O) groups excluding carboxylic acids is 1. The van der Waals surface area contributed by atoms with Crippen LogP contribution in [0.5, 0.6) is 0 Å². The molecular formula is C18H17FN8OS. The highest BCUT2D eigenvalue weighted by molar-refractivity contribution is 7.07. The van der Waals surface area contributed by atoms with E-state index in [1.54, 1.807) is 29.9 Å². The Morgan fingerprint density at radius 1 is 1.24 bits per heavy atom. The summed E-state index contributed by atoms with van der Waals surface area (Å²) >= 11 is 1.07. The number of halogens is 1. The van der Waals surface area contributed by atoms with Crippen LogP contribution in [0.15, 0.2) is 36.8 Å². The Kier molecular flexibility index (Phi) is 5.38. The Balaban J connectivity index is 1.41. The second kappa shape index (κ2) is 8.27. The number of anilines is 1. The molecule has 2 N–H and O–H groups in total. The number of rotatable bonds is 7. The summed E-state index contributed by atoms with van der Waals surface area (Å²) in [5.74, 6) is 0.166. The van der Waals surface area contributed by atoms with Crippen molar-refractivity contribution in [2.75, 3.05) is 11.9 Å². The molecule has 3 aromatic heterocycles. The van der Waals surface area contributed by atoms with Crippen molar-refractivity contribution in [2.45, 2.75) is 20.0 Å². The summed E-state index contributed by atoms with van der Waals surface area (Å²) in [4.78, 5) is 21.2. The van der Waals surface area contributed by atoms with E-state index in [9.17, 15) is 9.18 Å². The summed E-state index contributed by atoms with van der Waals surface area (Å²) in [6.45, 7) is 3.08. The standard InChI is InChI=1S/C18H17FN8OS/c1-11-15(29-26-25-11)18(28)20-6-7-27-17-14(9-24-27)16(22-10-23-17)21-8-12-2-4-13(19)5-3-12/h2-5,9-10H,6-8H2,1H3,(H,20,28)(H,21,22,23). The highest BCUT2D eigenvalue weighted by Crippen LogP contribution is 2.19. The van der Waals surface area contributed by atoms with Gasteiger partial charge >= 0.3 is 0 Å². The lowest BCUT2D eigenvalue weighted by molar-refractivity contribution is 0.0955. The van der Waals surface area contributed by atoms with Crippen molar-refractivity contribution in [3.8, 4) is 0 Å². The predicted octanol–water partition coefficient (Wildman–Crippen LogP) is 2.17. The van der Waals surface area contributed by atoms with Crippen LogP contribution >= 0.6 is 11.5 Å². The number of nitrogens with one attached hydrogen (secondary N) is 2. The van der Waals surface area contributed by atoms with E-state index in [1.807, 2.05) is 0 Å². The van der Waals surface area contributed by atoms with E-state index < -0.39 is 0 Å². The van der Waals surface area contributed by atoms with Crippen molar-refractivity contribution in [3.63, 3.8) is 0 Å². The van der Waals surface area contributed by atoms with Gasteiger partial charge in [0.25, 0.3) is 5.91 Å². The van der Waals surface area contributed by atoms with Gasteiger partial charge in [-0.25, -0.2) is 19.0 Å². The fourth-order valence-corrected chi connectivity index (χ4v) is 3.35. The van der Waals surface area contributed by atoms with Crippen LogP contribution in [0.25, 0.3) is 11.0 Å². The van der Waals surface area contributed by atoms with E-state index in [0.717, 1.165) is 22.5 Å². The lowest BCUT2D eigenvalue weighted by atomic mass is 10.2. The maximum Gasteiger partial charge on any atom is 0.265 e. The SMILES string of the molecule is Cc1nnsc1C(=O)NCCn1ncc2c(NCc3ccc(F)cc3)ncnc21. The molecule has 0 saturated heterocycles. The van der Waals surface area contributed by atoms with E-state index in [2.05, 4.69) is 35.3 Å². The lowest BCUT2D eigenvalue weighted by Crippen LogP contribution is -2.27. The lowest BCUT2D eigenvalue weighted by Gasteiger charge is -2.07. The summed E-state index contributed by atoms with van der Waals surface area (Å²) in [6, 6.07) is 6.27. The number of benzene rings is 1. The third kappa shape index (κ3) is 4.19. The number of hydrogen-bond acceptors (Lipinski definition) is 8. The molecule has 0 aliphatic carbocycles. The monoisotopic (exact) mass is 412 g/mol. The minimum absolute atomic E-state index is 0.203. The fraction of sp³-hybridized carbons (Fsp3) is 0.222. The van der Waals surface area contributed by atoms with Gasteiger partial charge in [0.1, 0.15) is 22.8 Å². The number of carbonyl (C=O) groups is 1. The summed E-state index contributed by atoms with van der Waals surface area (Å²) in [5.41, 5.74) is 2.20. The van der Waals surface area contributed by atoms with Crippen molar-refractivity contribution in [1.82, 2.24) is 34.7 Å². The molecule has 0 saturated carbocycles. The van der Waals surface area contributed by atoms with Crippen LogP contribution in [0, 0.1) is 12.7 Å². The summed E-state index contributed by atoms with van der Waals surface area (Å²) in [6.07, 6.45) is 3.14. The van der Waals surface area contributed by atoms with E-state index in [-0.39, 0.29) is 11.7 Å². The first-order chi connectivity index (χ1) is 14.1. The molecule has 11 heteroatoms. The zero-order valence-electron chi connectivity index (χ0n) is 15.5. The van der Waals surface area contributed by atoms with E-state index in [4.69, 9.17) is 0 Å². The summed E-state index contributed by atoms with van der Waals surface area (Å²) in [5, 5.41) is 15.0. The van der Waals surface area contributed by atoms with Gasteiger partial charge in [-0.3, -0.25) is 4.79 Å². The molecular weight excluding hydrogens is 395 g/mol. The zero-order valence-corrected chi connectivity index (χ0v) is 16.3. The van der Waals surface area contributed by atoms with Crippen molar-refractivity contribution in [3.05, 3.63) is 58.7 Å². The minimum atomic E-state index is -0.270. The molecule has 0 aliphatic rings. The van der Waals surface area contributed by atoms with Gasteiger partial charge in [0.15, 0.2) is 5.65 Å². The Morgan fingerprint density at radius 3 is 2.83 bits per heavy atom. The van der Waals surface area contributed by atoms with Crippen molar-refractivity contribution < 1.29 is 9.18 Å². The van der Waals surface area contributed by atoms with E-state index >= 15 is 0 Å². The molecule has 0 radical (unpaired) electrons. The molecule has 0 atom stereocenters. The molecule has 148 valence electrons. The topological polar surface area (TPSA) is 111 Å². The maximum absolute atomic E-state index is 13.0. The van der Waals surface area contributed by atoms with Crippen LogP contribution in [0.3, 0.4) is 0 Å². The van der Waals surface area contributed by atoms with Gasteiger partial charge < -0.3 is 10.6 Å². The number of amides is 1. The normalized spacial score (nSPS) is 11.0. The van der Waals surface area contributed by atoms with Gasteiger partial charge in [0.05, 0.1) is 23.8 Å². The summed E-state index contributed by atoms with van der Waals surface area (Å²) < 4.78 is 18.5. The average molecular weight is 412 g/mol. The Hall–Kier alpha value is -3.47. The minimum Gasteiger partial charge on any atom is -0.365 e. The van der Waals surface area contributed by atoms with Gasteiger partial charge in [-0.05, 0) is 36.2 Å². The molecule has 1 aromatic carbocycles. The molecule has 4 rings (SSSR count). The van der Waals surface area contributed by atoms with Gasteiger partial charge in [0.2, 0.25) is 0 Å². The largest absolute Gasteiger partial charge is 0.365 e. The van der Waals surface area contributed by atoms with Crippen LogP contribution in [0.1, 0.15) is 20.9 Å². The number of aromatic nitrogens is 6. The third-order valence-corrected chi connectivity index (χ3v) is 5.10. The maximum atomic E-state index is 13.0. The molecule has 3 heterocycles. The quantitative estimate of drug-likeness (QED) is 0.479. The molecule has 4 aromatic rings. The van der Waals surface area contributed by atoms with Crippen molar-refractivity contribution in [1.29, 1.82) is 0 Å². The van der Waals surface area contributed by atoms with E-state index in [1.165, 1.54) is 18.5 Å². The molecule has 9 nitrogen and oxygen atoms in total. The Bertz CT molecular complexity index is 1140. The van der Waals surface area contributed by atoms with Gasteiger partial charge in [0, 0.05) is 13.1 Å². The number of nitrogens with zero attached hydrogens (tertiary/aromatic N) is 6. The predicted molar refractivity (Wildman–Crippen MR) is 106 cm³/mol. The number of hydrogen-bond donors (Lipinski definition) is 2. The first-order valence-corrected chi connectivity index (χ1v) is 9.61. The Labute approximate surface area is 169 Å². The number of fused-ring (bicyclic) bond motifs is 1. The molecule has 0 bridgehead atoms. The summed E-state index contributed by atoms with van der Waals surface area (Å²) in [7, 11) is 0. The third-order valence-electron chi connectivity index (χ3n) is 4.27. The first kappa shape index (κ1) is 18.9. The van der Waals surface area contributed by atoms with Gasteiger partial charge in [-0.1, -0.05) is 16.6 Å². The van der Waals surface area contributed by atoms with E-state index in [0.29, 0.717) is 41.7 Å². The van der Waals surface area contributed by atoms with Crippen LogP contribution in [-0.2, 0) is 13.1 Å². The van der Waals surface area contributed by atoms with Gasteiger partial charge in [-0.2, -0.15) is 5.10 Å². The molecule has 1 amide bonds. The van der Waals surface area contributed by atoms with Crippen LogP contribution in [0.4, 0.5) is 10.2 Å². The zero-order chi connectivity index (χ0) is 20.2. The fourth-order valence-electron chi connectivity index (χ4n) is 2.78.